The normalized spacial score (nSPS) is 10.5. The first-order valence-electron chi connectivity index (χ1n) is 5.50. The summed E-state index contributed by atoms with van der Waals surface area (Å²) in [5, 5.41) is 6.92. The number of aromatic nitrogens is 2. The van der Waals surface area contributed by atoms with E-state index in [0.717, 1.165) is 11.3 Å². The van der Waals surface area contributed by atoms with Crippen LogP contribution >= 0.6 is 23.2 Å². The maximum absolute atomic E-state index is 12.0. The Labute approximate surface area is 119 Å². The largest absolute Gasteiger partial charge is 0.361 e. The fraction of sp³-hybridized carbons (Fsp3) is 0.250. The minimum atomic E-state index is -0.286. The van der Waals surface area contributed by atoms with Crippen molar-refractivity contribution in [1.29, 1.82) is 0 Å². The summed E-state index contributed by atoms with van der Waals surface area (Å²) in [5.74, 6) is 0.398. The number of halogens is 2. The molecule has 0 radical (unpaired) electrons. The average molecular weight is 300 g/mol. The zero-order valence-corrected chi connectivity index (χ0v) is 11.8. The Balaban J connectivity index is 2.09. The van der Waals surface area contributed by atoms with Crippen LogP contribution in [-0.4, -0.2) is 16.0 Å². The van der Waals surface area contributed by atoms with Crippen molar-refractivity contribution in [3.63, 3.8) is 0 Å². The van der Waals surface area contributed by atoms with Crippen LogP contribution in [0.4, 0.5) is 0 Å². The fourth-order valence-electron chi connectivity index (χ4n) is 1.62. The summed E-state index contributed by atoms with van der Waals surface area (Å²) in [6.45, 7) is 3.94. The maximum Gasteiger partial charge on any atom is 0.251 e. The Bertz CT molecular complexity index is 586. The summed E-state index contributed by atoms with van der Waals surface area (Å²) in [6.07, 6.45) is 0. The second-order valence-electron chi connectivity index (χ2n) is 3.99. The number of carbonyl (C=O) groups is 1. The van der Waals surface area contributed by atoms with Crippen molar-refractivity contribution in [1.82, 2.24) is 15.5 Å². The molecule has 0 saturated heterocycles. The SMILES string of the molecule is Cc1noc(C)c1CNC(=O)c1cc(Cl)nc(Cl)c1. The molecule has 2 heterocycles. The highest BCUT2D eigenvalue weighted by atomic mass is 35.5. The summed E-state index contributed by atoms with van der Waals surface area (Å²) >= 11 is 11.5. The molecule has 2 rings (SSSR count). The molecule has 7 heteroatoms. The van der Waals surface area contributed by atoms with Gasteiger partial charge in [-0.05, 0) is 26.0 Å². The molecule has 0 bridgehead atoms. The number of hydrogen-bond acceptors (Lipinski definition) is 4. The topological polar surface area (TPSA) is 68.0 Å². The molecule has 0 saturated carbocycles. The van der Waals surface area contributed by atoms with E-state index < -0.39 is 0 Å². The zero-order valence-electron chi connectivity index (χ0n) is 10.3. The number of aryl methyl sites for hydroxylation is 2. The van der Waals surface area contributed by atoms with Gasteiger partial charge in [0.25, 0.3) is 5.91 Å². The van der Waals surface area contributed by atoms with Crippen LogP contribution in [0.2, 0.25) is 10.3 Å². The summed E-state index contributed by atoms with van der Waals surface area (Å²) in [4.78, 5) is 15.7. The summed E-state index contributed by atoms with van der Waals surface area (Å²) in [6, 6.07) is 2.91. The molecule has 100 valence electrons. The molecule has 1 N–H and O–H groups in total. The van der Waals surface area contributed by atoms with Crippen LogP contribution < -0.4 is 5.32 Å². The van der Waals surface area contributed by atoms with Gasteiger partial charge in [0.05, 0.1) is 5.69 Å². The minimum absolute atomic E-state index is 0.176. The zero-order chi connectivity index (χ0) is 14.0. The molecule has 2 aromatic rings. The fourth-order valence-corrected chi connectivity index (χ4v) is 2.08. The molecule has 0 aliphatic heterocycles. The van der Waals surface area contributed by atoms with Crippen molar-refractivity contribution in [3.05, 3.63) is 45.0 Å². The van der Waals surface area contributed by atoms with Gasteiger partial charge in [-0.3, -0.25) is 4.79 Å². The van der Waals surface area contributed by atoms with E-state index in [1.807, 2.05) is 6.92 Å². The van der Waals surface area contributed by atoms with E-state index in [1.54, 1.807) is 6.92 Å². The summed E-state index contributed by atoms with van der Waals surface area (Å²) in [5.41, 5.74) is 1.97. The van der Waals surface area contributed by atoms with E-state index in [-0.39, 0.29) is 16.2 Å². The first-order chi connectivity index (χ1) is 8.97. The number of hydrogen-bond donors (Lipinski definition) is 1. The van der Waals surface area contributed by atoms with Gasteiger partial charge >= 0.3 is 0 Å². The Kier molecular flexibility index (Phi) is 4.07. The molecule has 0 aliphatic rings. The van der Waals surface area contributed by atoms with E-state index >= 15 is 0 Å². The van der Waals surface area contributed by atoms with Gasteiger partial charge in [-0.15, -0.1) is 0 Å². The molecule has 0 aliphatic carbocycles. The van der Waals surface area contributed by atoms with E-state index in [9.17, 15) is 4.79 Å². The lowest BCUT2D eigenvalue weighted by Crippen LogP contribution is -2.23. The van der Waals surface area contributed by atoms with Gasteiger partial charge in [-0.25, -0.2) is 4.98 Å². The van der Waals surface area contributed by atoms with Crippen LogP contribution in [0.3, 0.4) is 0 Å². The van der Waals surface area contributed by atoms with E-state index in [4.69, 9.17) is 27.7 Å². The van der Waals surface area contributed by atoms with Crippen LogP contribution in [0.5, 0.6) is 0 Å². The molecule has 0 spiro atoms. The lowest BCUT2D eigenvalue weighted by atomic mass is 10.2. The Morgan fingerprint density at radius 1 is 1.32 bits per heavy atom. The molecule has 0 atom stereocenters. The van der Waals surface area contributed by atoms with Crippen LogP contribution in [-0.2, 0) is 6.54 Å². The second kappa shape index (κ2) is 5.59. The van der Waals surface area contributed by atoms with Crippen molar-refractivity contribution in [2.24, 2.45) is 0 Å². The number of pyridine rings is 1. The maximum atomic E-state index is 12.0. The molecule has 5 nitrogen and oxygen atoms in total. The molecule has 0 unspecified atom stereocenters. The predicted octanol–water partition coefficient (Wildman–Crippen LogP) is 2.92. The molecule has 1 amide bonds. The first kappa shape index (κ1) is 13.8. The van der Waals surface area contributed by atoms with Gasteiger partial charge in [0, 0.05) is 17.7 Å². The Morgan fingerprint density at radius 3 is 2.47 bits per heavy atom. The van der Waals surface area contributed by atoms with Crippen LogP contribution in [0.25, 0.3) is 0 Å². The van der Waals surface area contributed by atoms with Gasteiger partial charge in [0.2, 0.25) is 0 Å². The highest BCUT2D eigenvalue weighted by Gasteiger charge is 2.12. The van der Waals surface area contributed by atoms with Crippen LogP contribution in [0, 0.1) is 13.8 Å². The van der Waals surface area contributed by atoms with E-state index in [1.165, 1.54) is 12.1 Å². The van der Waals surface area contributed by atoms with Gasteiger partial charge < -0.3 is 9.84 Å². The van der Waals surface area contributed by atoms with E-state index in [0.29, 0.717) is 17.9 Å². The summed E-state index contributed by atoms with van der Waals surface area (Å²) < 4.78 is 5.02. The van der Waals surface area contributed by atoms with Gasteiger partial charge in [-0.2, -0.15) is 0 Å². The van der Waals surface area contributed by atoms with Gasteiger partial charge in [0.15, 0.2) is 0 Å². The number of carbonyl (C=O) groups excluding carboxylic acids is 1. The standard InChI is InChI=1S/C12H11Cl2N3O2/c1-6-9(7(2)19-17-6)5-15-12(18)8-3-10(13)16-11(14)4-8/h3-4H,5H2,1-2H3,(H,15,18). The van der Waals surface area contributed by atoms with Crippen LogP contribution in [0.15, 0.2) is 16.7 Å². The summed E-state index contributed by atoms with van der Waals surface area (Å²) in [7, 11) is 0. The predicted molar refractivity (Wildman–Crippen MR) is 71.4 cm³/mol. The third-order valence-corrected chi connectivity index (χ3v) is 3.02. The van der Waals surface area contributed by atoms with Gasteiger partial charge in [0.1, 0.15) is 16.1 Å². The lowest BCUT2D eigenvalue weighted by molar-refractivity contribution is 0.0950. The molecule has 2 aromatic heterocycles. The molecule has 0 fully saturated rings. The molecule has 19 heavy (non-hydrogen) atoms. The monoisotopic (exact) mass is 299 g/mol. The number of nitrogens with zero attached hydrogens (tertiary/aromatic N) is 2. The van der Waals surface area contributed by atoms with Crippen molar-refractivity contribution in [2.45, 2.75) is 20.4 Å². The van der Waals surface area contributed by atoms with Crippen molar-refractivity contribution >= 4 is 29.1 Å². The van der Waals surface area contributed by atoms with Gasteiger partial charge in [-0.1, -0.05) is 28.4 Å². The molecular formula is C12H11Cl2N3O2. The number of rotatable bonds is 3. The highest BCUT2D eigenvalue weighted by molar-refractivity contribution is 6.33. The number of amides is 1. The minimum Gasteiger partial charge on any atom is -0.361 e. The third kappa shape index (κ3) is 3.24. The van der Waals surface area contributed by atoms with Crippen molar-refractivity contribution in [2.75, 3.05) is 0 Å². The molecule has 0 aromatic carbocycles. The van der Waals surface area contributed by atoms with E-state index in [2.05, 4.69) is 15.5 Å². The third-order valence-electron chi connectivity index (χ3n) is 2.63. The second-order valence-corrected chi connectivity index (χ2v) is 4.76. The highest BCUT2D eigenvalue weighted by Crippen LogP contribution is 2.15. The smallest absolute Gasteiger partial charge is 0.251 e. The molecular weight excluding hydrogens is 289 g/mol. The first-order valence-corrected chi connectivity index (χ1v) is 6.26. The lowest BCUT2D eigenvalue weighted by Gasteiger charge is -2.05. The Hall–Kier alpha value is -1.59. The van der Waals surface area contributed by atoms with Crippen LogP contribution in [0.1, 0.15) is 27.4 Å². The van der Waals surface area contributed by atoms with Crippen molar-refractivity contribution < 1.29 is 9.32 Å². The number of nitrogens with one attached hydrogen (secondary N) is 1. The average Bonchev–Trinajstić information content (AvgIpc) is 2.65. The Morgan fingerprint density at radius 2 is 1.95 bits per heavy atom. The van der Waals surface area contributed by atoms with Crippen molar-refractivity contribution in [3.8, 4) is 0 Å². The quantitative estimate of drug-likeness (QED) is 0.885.